The molecule has 0 saturated heterocycles. The first-order valence-corrected chi connectivity index (χ1v) is 6.05. The third-order valence-corrected chi connectivity index (χ3v) is 2.73. The van der Waals surface area contributed by atoms with E-state index in [1.54, 1.807) is 0 Å². The van der Waals surface area contributed by atoms with Crippen molar-refractivity contribution in [1.82, 2.24) is 4.98 Å². The number of carbonyl (C=O) groups excluding carboxylic acids is 1. The lowest BCUT2D eigenvalue weighted by Gasteiger charge is -2.09. The molecule has 1 heterocycles. The van der Waals surface area contributed by atoms with E-state index in [0.29, 0.717) is 6.42 Å². The van der Waals surface area contributed by atoms with Crippen molar-refractivity contribution in [3.8, 4) is 6.07 Å². The fraction of sp³-hybridized carbons (Fsp3) is 0.133. The van der Waals surface area contributed by atoms with Gasteiger partial charge in [-0.1, -0.05) is 30.3 Å². The fourth-order valence-corrected chi connectivity index (χ4v) is 1.71. The number of nitrogens with one attached hydrogen (secondary N) is 1. The van der Waals surface area contributed by atoms with Gasteiger partial charge in [0.25, 0.3) is 0 Å². The zero-order chi connectivity index (χ0) is 14.4. The molecule has 4 nitrogen and oxygen atoms in total. The van der Waals surface area contributed by atoms with Gasteiger partial charge >= 0.3 is 0 Å². The van der Waals surface area contributed by atoms with Gasteiger partial charge in [0.05, 0.1) is 12.3 Å². The lowest BCUT2D eigenvalue weighted by atomic mass is 10.00. The second-order valence-corrected chi connectivity index (χ2v) is 4.22. The Hall–Kier alpha value is -2.74. The van der Waals surface area contributed by atoms with Crippen LogP contribution >= 0.6 is 0 Å². The van der Waals surface area contributed by atoms with Gasteiger partial charge in [-0.3, -0.25) is 4.79 Å². The van der Waals surface area contributed by atoms with E-state index in [9.17, 15) is 9.18 Å². The number of nitriles is 1. The largest absolute Gasteiger partial charge is 0.310 e. The molecule has 2 rings (SSSR count). The standard InChI is InChI=1S/C15H12FN3O/c16-13-6-7-14(18-10-13)19-15(20)12(9-17)8-11-4-2-1-3-5-11/h1-7,10,12H,8H2,(H,18,19,20). The van der Waals surface area contributed by atoms with Crippen LogP contribution in [0.4, 0.5) is 10.2 Å². The summed E-state index contributed by atoms with van der Waals surface area (Å²) in [7, 11) is 0. The van der Waals surface area contributed by atoms with Crippen LogP contribution in [0.3, 0.4) is 0 Å². The number of anilines is 1. The molecule has 1 unspecified atom stereocenters. The number of pyridine rings is 1. The summed E-state index contributed by atoms with van der Waals surface area (Å²) < 4.78 is 12.7. The van der Waals surface area contributed by atoms with E-state index in [-0.39, 0.29) is 5.82 Å². The summed E-state index contributed by atoms with van der Waals surface area (Å²) in [4.78, 5) is 15.7. The van der Waals surface area contributed by atoms with Crippen molar-refractivity contribution in [2.45, 2.75) is 6.42 Å². The molecule has 0 bridgehead atoms. The lowest BCUT2D eigenvalue weighted by molar-refractivity contribution is -0.118. The molecular formula is C15H12FN3O. The summed E-state index contributed by atoms with van der Waals surface area (Å²) in [5.41, 5.74) is 0.904. The highest BCUT2D eigenvalue weighted by Crippen LogP contribution is 2.11. The molecule has 100 valence electrons. The highest BCUT2D eigenvalue weighted by Gasteiger charge is 2.18. The Morgan fingerprint density at radius 1 is 1.30 bits per heavy atom. The van der Waals surface area contributed by atoms with Gasteiger partial charge in [-0.25, -0.2) is 9.37 Å². The number of halogens is 1. The maximum Gasteiger partial charge on any atom is 0.243 e. The zero-order valence-electron chi connectivity index (χ0n) is 10.6. The summed E-state index contributed by atoms with van der Waals surface area (Å²) in [6.07, 6.45) is 1.33. The second-order valence-electron chi connectivity index (χ2n) is 4.22. The molecule has 1 amide bonds. The highest BCUT2D eigenvalue weighted by molar-refractivity contribution is 5.93. The van der Waals surface area contributed by atoms with Crippen LogP contribution < -0.4 is 5.32 Å². The van der Waals surface area contributed by atoms with Crippen molar-refractivity contribution < 1.29 is 9.18 Å². The molecule has 1 aromatic carbocycles. The third kappa shape index (κ3) is 3.62. The molecule has 0 aliphatic heterocycles. The fourth-order valence-electron chi connectivity index (χ4n) is 1.71. The predicted molar refractivity (Wildman–Crippen MR) is 72.1 cm³/mol. The molecule has 5 heteroatoms. The number of carbonyl (C=O) groups is 1. The van der Waals surface area contributed by atoms with Crippen LogP contribution in [0.15, 0.2) is 48.7 Å². The summed E-state index contributed by atoms with van der Waals surface area (Å²) >= 11 is 0. The number of benzene rings is 1. The minimum absolute atomic E-state index is 0.227. The van der Waals surface area contributed by atoms with E-state index in [1.165, 1.54) is 12.1 Å². The van der Waals surface area contributed by atoms with E-state index in [2.05, 4.69) is 10.3 Å². The molecular weight excluding hydrogens is 257 g/mol. The molecule has 0 aliphatic rings. The zero-order valence-corrected chi connectivity index (χ0v) is 10.6. The van der Waals surface area contributed by atoms with E-state index >= 15 is 0 Å². The van der Waals surface area contributed by atoms with Crippen molar-refractivity contribution in [2.75, 3.05) is 5.32 Å². The molecule has 0 saturated carbocycles. The smallest absolute Gasteiger partial charge is 0.243 e. The van der Waals surface area contributed by atoms with E-state index < -0.39 is 17.6 Å². The lowest BCUT2D eigenvalue weighted by Crippen LogP contribution is -2.23. The minimum atomic E-state index is -0.816. The van der Waals surface area contributed by atoms with Crippen LogP contribution in [0.5, 0.6) is 0 Å². The van der Waals surface area contributed by atoms with E-state index in [0.717, 1.165) is 11.8 Å². The molecule has 1 aromatic heterocycles. The van der Waals surface area contributed by atoms with Gasteiger partial charge in [0.1, 0.15) is 17.6 Å². The van der Waals surface area contributed by atoms with Crippen molar-refractivity contribution in [3.05, 3.63) is 60.0 Å². The SMILES string of the molecule is N#CC(Cc1ccccc1)C(=O)Nc1ccc(F)cn1. The predicted octanol–water partition coefficient (Wildman–Crippen LogP) is 2.54. The van der Waals surface area contributed by atoms with Crippen LogP contribution in [0, 0.1) is 23.1 Å². The molecule has 0 spiro atoms. The quantitative estimate of drug-likeness (QED) is 0.927. The average molecular weight is 269 g/mol. The number of nitrogens with zero attached hydrogens (tertiary/aromatic N) is 2. The highest BCUT2D eigenvalue weighted by atomic mass is 19.1. The maximum atomic E-state index is 12.7. The Bertz CT molecular complexity index is 620. The number of hydrogen-bond donors (Lipinski definition) is 1. The Labute approximate surface area is 115 Å². The summed E-state index contributed by atoms with van der Waals surface area (Å²) in [5.74, 6) is -1.52. The van der Waals surface area contributed by atoms with Crippen molar-refractivity contribution >= 4 is 11.7 Å². The monoisotopic (exact) mass is 269 g/mol. The van der Waals surface area contributed by atoms with Gasteiger partial charge < -0.3 is 5.32 Å². The molecule has 1 N–H and O–H groups in total. The minimum Gasteiger partial charge on any atom is -0.310 e. The first kappa shape index (κ1) is 13.7. The topological polar surface area (TPSA) is 65.8 Å². The van der Waals surface area contributed by atoms with Gasteiger partial charge in [-0.05, 0) is 24.1 Å². The van der Waals surface area contributed by atoms with Crippen LogP contribution in [0.1, 0.15) is 5.56 Å². The van der Waals surface area contributed by atoms with Crippen LogP contribution in [0.2, 0.25) is 0 Å². The van der Waals surface area contributed by atoms with Crippen LogP contribution in [0.25, 0.3) is 0 Å². The summed E-state index contributed by atoms with van der Waals surface area (Å²) in [5, 5.41) is 11.6. The Morgan fingerprint density at radius 2 is 2.05 bits per heavy atom. The van der Waals surface area contributed by atoms with Crippen LogP contribution in [-0.2, 0) is 11.2 Å². The van der Waals surface area contributed by atoms with Gasteiger partial charge in [0.15, 0.2) is 0 Å². The first-order valence-electron chi connectivity index (χ1n) is 6.05. The third-order valence-electron chi connectivity index (χ3n) is 2.73. The van der Waals surface area contributed by atoms with Gasteiger partial charge in [-0.15, -0.1) is 0 Å². The average Bonchev–Trinajstić information content (AvgIpc) is 2.48. The molecule has 1 atom stereocenters. The van der Waals surface area contributed by atoms with Gasteiger partial charge in [-0.2, -0.15) is 5.26 Å². The second kappa shape index (κ2) is 6.43. The summed E-state index contributed by atoms with van der Waals surface area (Å²) in [6, 6.07) is 13.8. The Balaban J connectivity index is 2.03. The molecule has 2 aromatic rings. The maximum absolute atomic E-state index is 12.7. The summed E-state index contributed by atoms with van der Waals surface area (Å²) in [6.45, 7) is 0. The van der Waals surface area contributed by atoms with Gasteiger partial charge in [0, 0.05) is 0 Å². The Morgan fingerprint density at radius 3 is 2.65 bits per heavy atom. The van der Waals surface area contributed by atoms with E-state index in [1.807, 2.05) is 36.4 Å². The van der Waals surface area contributed by atoms with Crippen molar-refractivity contribution in [1.29, 1.82) is 5.26 Å². The van der Waals surface area contributed by atoms with Gasteiger partial charge in [0.2, 0.25) is 5.91 Å². The van der Waals surface area contributed by atoms with Crippen molar-refractivity contribution in [3.63, 3.8) is 0 Å². The number of aromatic nitrogens is 1. The Kier molecular flexibility index (Phi) is 4.40. The number of amides is 1. The first-order chi connectivity index (χ1) is 9.69. The molecule has 0 fully saturated rings. The normalized spacial score (nSPS) is 11.4. The molecule has 0 aliphatic carbocycles. The molecule has 20 heavy (non-hydrogen) atoms. The molecule has 0 radical (unpaired) electrons. The van der Waals surface area contributed by atoms with E-state index in [4.69, 9.17) is 5.26 Å². The number of rotatable bonds is 4. The van der Waals surface area contributed by atoms with Crippen molar-refractivity contribution in [2.24, 2.45) is 5.92 Å². The van der Waals surface area contributed by atoms with Crippen LogP contribution in [-0.4, -0.2) is 10.9 Å². The number of hydrogen-bond acceptors (Lipinski definition) is 3.